The third kappa shape index (κ3) is 47.5. The third-order valence-corrected chi connectivity index (χ3v) is 12.1. The summed E-state index contributed by atoms with van der Waals surface area (Å²) in [5, 5.41) is 0. The zero-order valence-electron chi connectivity index (χ0n) is 41.3. The van der Waals surface area contributed by atoms with E-state index in [0.717, 1.165) is 75.5 Å². The second kappa shape index (κ2) is 45.4. The summed E-state index contributed by atoms with van der Waals surface area (Å²) in [6.07, 6.45) is 45.2. The lowest BCUT2D eigenvalue weighted by molar-refractivity contribution is -0.167. The van der Waals surface area contributed by atoms with Gasteiger partial charge in [0.1, 0.15) is 13.2 Å². The van der Waals surface area contributed by atoms with Crippen LogP contribution >= 0.6 is 0 Å². The molecule has 0 heterocycles. The molecule has 0 N–H and O–H groups in total. The highest BCUT2D eigenvalue weighted by atomic mass is 16.6. The molecule has 0 aliphatic rings. The first kappa shape index (κ1) is 58.4. The Labute approximate surface area is 374 Å². The molecule has 0 unspecified atom stereocenters. The largest absolute Gasteiger partial charge is 0.462 e. The van der Waals surface area contributed by atoms with Crippen LogP contribution in [0.3, 0.4) is 0 Å². The standard InChI is InChI=1S/C54H104O6/c1-48(2)40-34-28-22-16-12-10-8-7-9-11-13-19-25-31-37-43-52(55)58-46-51(60-54(57)45-39-33-27-21-15-18-24-30-36-42-50(5)6)47-59-53(56)44-38-32-26-20-14-17-23-29-35-41-49(3)4/h48-51H,7-47H2,1-6H3/t51-/m1/s1. The molecule has 0 amide bonds. The van der Waals surface area contributed by atoms with Crippen molar-refractivity contribution in [3.05, 3.63) is 0 Å². The van der Waals surface area contributed by atoms with Gasteiger partial charge in [-0.25, -0.2) is 0 Å². The fourth-order valence-electron chi connectivity index (χ4n) is 8.12. The second-order valence-corrected chi connectivity index (χ2v) is 19.9. The normalized spacial score (nSPS) is 12.2. The molecular formula is C54H104O6. The Bertz CT molecular complexity index is 929. The molecule has 356 valence electrons. The Morgan fingerprint density at radius 2 is 0.483 bits per heavy atom. The summed E-state index contributed by atoms with van der Waals surface area (Å²) in [6.45, 7) is 13.7. The van der Waals surface area contributed by atoms with Crippen LogP contribution in [0.5, 0.6) is 0 Å². The van der Waals surface area contributed by atoms with Crippen LogP contribution in [0.2, 0.25) is 0 Å². The van der Waals surface area contributed by atoms with Gasteiger partial charge < -0.3 is 14.2 Å². The van der Waals surface area contributed by atoms with E-state index in [0.29, 0.717) is 19.3 Å². The van der Waals surface area contributed by atoms with Crippen molar-refractivity contribution in [2.75, 3.05) is 13.2 Å². The van der Waals surface area contributed by atoms with Crippen molar-refractivity contribution in [1.29, 1.82) is 0 Å². The number of hydrogen-bond donors (Lipinski definition) is 0. The van der Waals surface area contributed by atoms with Gasteiger partial charge in [0.05, 0.1) is 0 Å². The van der Waals surface area contributed by atoms with E-state index in [1.807, 2.05) is 0 Å². The van der Waals surface area contributed by atoms with Gasteiger partial charge in [0.25, 0.3) is 0 Å². The summed E-state index contributed by atoms with van der Waals surface area (Å²) in [6, 6.07) is 0. The number of carbonyl (C=O) groups is 3. The number of ether oxygens (including phenoxy) is 3. The smallest absolute Gasteiger partial charge is 0.306 e. The Balaban J connectivity index is 4.27. The first-order chi connectivity index (χ1) is 29.1. The van der Waals surface area contributed by atoms with Crippen molar-refractivity contribution in [2.45, 2.75) is 298 Å². The van der Waals surface area contributed by atoms with E-state index < -0.39 is 6.10 Å². The zero-order chi connectivity index (χ0) is 44.2. The van der Waals surface area contributed by atoms with E-state index in [-0.39, 0.29) is 31.1 Å². The van der Waals surface area contributed by atoms with Gasteiger partial charge in [-0.3, -0.25) is 14.4 Å². The minimum Gasteiger partial charge on any atom is -0.462 e. The highest BCUT2D eigenvalue weighted by molar-refractivity contribution is 5.71. The number of hydrogen-bond acceptors (Lipinski definition) is 6. The Hall–Kier alpha value is -1.59. The predicted octanol–water partition coefficient (Wildman–Crippen LogP) is 17.2. The van der Waals surface area contributed by atoms with Gasteiger partial charge in [-0.2, -0.15) is 0 Å². The summed E-state index contributed by atoms with van der Waals surface area (Å²) < 4.78 is 16.8. The molecule has 0 aromatic rings. The number of rotatable bonds is 47. The van der Waals surface area contributed by atoms with Gasteiger partial charge in [-0.05, 0) is 37.0 Å². The first-order valence-electron chi connectivity index (χ1n) is 26.6. The summed E-state index contributed by atoms with van der Waals surface area (Å²) in [5.74, 6) is 1.61. The summed E-state index contributed by atoms with van der Waals surface area (Å²) >= 11 is 0. The van der Waals surface area contributed by atoms with Gasteiger partial charge >= 0.3 is 17.9 Å². The van der Waals surface area contributed by atoms with Crippen molar-refractivity contribution in [3.63, 3.8) is 0 Å². The van der Waals surface area contributed by atoms with Crippen LogP contribution in [-0.2, 0) is 28.6 Å². The Kier molecular flexibility index (Phi) is 44.2. The SMILES string of the molecule is CC(C)CCCCCCCCCCCCCCCCCC(=O)OC[C@H](COC(=O)CCCCCCCCCCCC(C)C)OC(=O)CCCCCCCCCCCC(C)C. The number of esters is 3. The van der Waals surface area contributed by atoms with Crippen LogP contribution < -0.4 is 0 Å². The predicted molar refractivity (Wildman–Crippen MR) is 256 cm³/mol. The van der Waals surface area contributed by atoms with Gasteiger partial charge in [-0.1, -0.05) is 253 Å². The highest BCUT2D eigenvalue weighted by Gasteiger charge is 2.19. The van der Waals surface area contributed by atoms with Crippen molar-refractivity contribution >= 4 is 17.9 Å². The van der Waals surface area contributed by atoms with Crippen LogP contribution in [0.1, 0.15) is 292 Å². The van der Waals surface area contributed by atoms with E-state index in [2.05, 4.69) is 41.5 Å². The van der Waals surface area contributed by atoms with E-state index in [4.69, 9.17) is 14.2 Å². The van der Waals surface area contributed by atoms with Gasteiger partial charge in [0.15, 0.2) is 6.10 Å². The molecule has 60 heavy (non-hydrogen) atoms. The van der Waals surface area contributed by atoms with Crippen molar-refractivity contribution < 1.29 is 28.6 Å². The van der Waals surface area contributed by atoms with E-state index in [1.165, 1.54) is 173 Å². The Morgan fingerprint density at radius 1 is 0.283 bits per heavy atom. The van der Waals surface area contributed by atoms with Crippen LogP contribution in [0.25, 0.3) is 0 Å². The van der Waals surface area contributed by atoms with Crippen molar-refractivity contribution in [1.82, 2.24) is 0 Å². The average Bonchev–Trinajstić information content (AvgIpc) is 3.20. The lowest BCUT2D eigenvalue weighted by Crippen LogP contribution is -2.30. The Morgan fingerprint density at radius 3 is 0.717 bits per heavy atom. The molecule has 6 heteroatoms. The molecule has 0 spiro atoms. The molecule has 0 aromatic carbocycles. The minimum atomic E-state index is -0.763. The molecule has 1 atom stereocenters. The van der Waals surface area contributed by atoms with E-state index in [1.54, 1.807) is 0 Å². The topological polar surface area (TPSA) is 78.9 Å². The fourth-order valence-corrected chi connectivity index (χ4v) is 8.12. The lowest BCUT2D eigenvalue weighted by atomic mass is 10.0. The van der Waals surface area contributed by atoms with Gasteiger partial charge in [0, 0.05) is 19.3 Å². The maximum atomic E-state index is 12.8. The van der Waals surface area contributed by atoms with E-state index >= 15 is 0 Å². The summed E-state index contributed by atoms with van der Waals surface area (Å²) in [4.78, 5) is 38.0. The molecule has 0 rings (SSSR count). The maximum absolute atomic E-state index is 12.8. The molecule has 0 saturated heterocycles. The lowest BCUT2D eigenvalue weighted by Gasteiger charge is -2.18. The van der Waals surface area contributed by atoms with Crippen LogP contribution in [0.4, 0.5) is 0 Å². The molecule has 0 radical (unpaired) electrons. The van der Waals surface area contributed by atoms with E-state index in [9.17, 15) is 14.4 Å². The summed E-state index contributed by atoms with van der Waals surface area (Å²) in [7, 11) is 0. The van der Waals surface area contributed by atoms with Gasteiger partial charge in [0.2, 0.25) is 0 Å². The maximum Gasteiger partial charge on any atom is 0.306 e. The molecule has 0 aliphatic heterocycles. The number of carbonyl (C=O) groups excluding carboxylic acids is 3. The zero-order valence-corrected chi connectivity index (χ0v) is 41.3. The van der Waals surface area contributed by atoms with Crippen LogP contribution in [0.15, 0.2) is 0 Å². The van der Waals surface area contributed by atoms with Crippen molar-refractivity contribution in [3.8, 4) is 0 Å². The van der Waals surface area contributed by atoms with Crippen LogP contribution in [0, 0.1) is 17.8 Å². The molecule has 0 saturated carbocycles. The van der Waals surface area contributed by atoms with Gasteiger partial charge in [-0.15, -0.1) is 0 Å². The second-order valence-electron chi connectivity index (χ2n) is 19.9. The average molecular weight is 849 g/mol. The molecular weight excluding hydrogens is 745 g/mol. The van der Waals surface area contributed by atoms with Crippen molar-refractivity contribution in [2.24, 2.45) is 17.8 Å². The summed E-state index contributed by atoms with van der Waals surface area (Å²) in [5.41, 5.74) is 0. The number of unbranched alkanes of at least 4 members (excludes halogenated alkanes) is 30. The molecule has 6 nitrogen and oxygen atoms in total. The molecule has 0 aromatic heterocycles. The quantitative estimate of drug-likeness (QED) is 0.0345. The molecule has 0 bridgehead atoms. The third-order valence-electron chi connectivity index (χ3n) is 12.1. The van der Waals surface area contributed by atoms with Crippen LogP contribution in [-0.4, -0.2) is 37.2 Å². The minimum absolute atomic E-state index is 0.0647. The molecule has 0 aliphatic carbocycles. The first-order valence-corrected chi connectivity index (χ1v) is 26.6. The fraction of sp³-hybridized carbons (Fsp3) is 0.944. The monoisotopic (exact) mass is 849 g/mol. The molecule has 0 fully saturated rings. The highest BCUT2D eigenvalue weighted by Crippen LogP contribution is 2.18.